The third kappa shape index (κ3) is 3.14. The molecule has 0 saturated carbocycles. The molecule has 0 bridgehead atoms. The molecule has 1 heterocycles. The van der Waals surface area contributed by atoms with Gasteiger partial charge in [-0.25, -0.2) is 4.39 Å². The van der Waals surface area contributed by atoms with Crippen LogP contribution in [0.25, 0.3) is 22.5 Å². The van der Waals surface area contributed by atoms with Crippen molar-refractivity contribution in [2.24, 2.45) is 0 Å². The van der Waals surface area contributed by atoms with Gasteiger partial charge in [-0.3, -0.25) is 5.10 Å². The van der Waals surface area contributed by atoms with Crippen molar-refractivity contribution in [3.63, 3.8) is 0 Å². The molecular weight excluding hydrogens is 317 g/mol. The van der Waals surface area contributed by atoms with E-state index in [1.807, 2.05) is 0 Å². The maximum Gasteiger partial charge on any atom is 0.165 e. The van der Waals surface area contributed by atoms with Gasteiger partial charge in [0.15, 0.2) is 11.6 Å². The number of aromatic nitrogens is 3. The van der Waals surface area contributed by atoms with Crippen molar-refractivity contribution in [3.05, 3.63) is 52.8 Å². The molecule has 0 aliphatic rings. The van der Waals surface area contributed by atoms with Crippen molar-refractivity contribution in [1.29, 1.82) is 0 Å². The molecule has 130 valence electrons. The van der Waals surface area contributed by atoms with E-state index in [0.29, 0.717) is 17.0 Å². The molecule has 2 aromatic carbocycles. The Morgan fingerprint density at radius 1 is 0.960 bits per heavy atom. The first-order valence-electron chi connectivity index (χ1n) is 8.63. The number of hydrogen-bond acceptors (Lipinski definition) is 3. The van der Waals surface area contributed by atoms with E-state index >= 15 is 0 Å². The van der Waals surface area contributed by atoms with Crippen molar-refractivity contribution in [1.82, 2.24) is 15.4 Å². The Kier molecular flexibility index (Phi) is 4.83. The van der Waals surface area contributed by atoms with Gasteiger partial charge in [0, 0.05) is 11.1 Å². The van der Waals surface area contributed by atoms with Crippen LogP contribution in [0.15, 0.2) is 30.3 Å². The summed E-state index contributed by atoms with van der Waals surface area (Å²) < 4.78 is 13.7. The van der Waals surface area contributed by atoms with Crippen LogP contribution >= 0.6 is 0 Å². The number of phenolic OH excluding ortho intramolecular Hbond substituents is 1. The summed E-state index contributed by atoms with van der Waals surface area (Å²) in [5.41, 5.74) is 6.93. The standard InChI is InChI=1S/C20H22FN3O/c1-4-12-9-15(10-13(5-2)16(12)6-3)20-19(22-24-23-20)14-7-8-18(25)17(21)11-14/h7-11,25H,4-6H2,1-3H3,(H,22,23,24). The van der Waals surface area contributed by atoms with Gasteiger partial charge in [0.25, 0.3) is 0 Å². The van der Waals surface area contributed by atoms with Crippen LogP contribution in [0.4, 0.5) is 4.39 Å². The number of benzene rings is 2. The van der Waals surface area contributed by atoms with Gasteiger partial charge in [0.05, 0.1) is 5.69 Å². The molecule has 25 heavy (non-hydrogen) atoms. The highest BCUT2D eigenvalue weighted by atomic mass is 19.1. The fourth-order valence-corrected chi connectivity index (χ4v) is 3.31. The number of rotatable bonds is 5. The lowest BCUT2D eigenvalue weighted by molar-refractivity contribution is 0.432. The quantitative estimate of drug-likeness (QED) is 0.710. The highest BCUT2D eigenvalue weighted by Crippen LogP contribution is 2.33. The van der Waals surface area contributed by atoms with Crippen molar-refractivity contribution in [3.8, 4) is 28.3 Å². The molecule has 0 atom stereocenters. The second-order valence-electron chi connectivity index (χ2n) is 6.04. The third-order valence-corrected chi connectivity index (χ3v) is 4.61. The molecule has 0 spiro atoms. The number of nitrogens with zero attached hydrogens (tertiary/aromatic N) is 2. The summed E-state index contributed by atoms with van der Waals surface area (Å²) in [6.45, 7) is 6.47. The van der Waals surface area contributed by atoms with E-state index in [-0.39, 0.29) is 5.75 Å². The fraction of sp³-hybridized carbons (Fsp3) is 0.300. The number of phenols is 1. The molecule has 0 fully saturated rings. The molecule has 0 radical (unpaired) electrons. The summed E-state index contributed by atoms with van der Waals surface area (Å²) in [7, 11) is 0. The predicted molar refractivity (Wildman–Crippen MR) is 97.0 cm³/mol. The number of aromatic hydroxyl groups is 1. The lowest BCUT2D eigenvalue weighted by atomic mass is 9.91. The van der Waals surface area contributed by atoms with Gasteiger partial charge in [0.2, 0.25) is 0 Å². The van der Waals surface area contributed by atoms with E-state index in [9.17, 15) is 9.50 Å². The van der Waals surface area contributed by atoms with Crippen molar-refractivity contribution < 1.29 is 9.50 Å². The zero-order valence-electron chi connectivity index (χ0n) is 14.7. The van der Waals surface area contributed by atoms with E-state index in [1.165, 1.54) is 28.8 Å². The molecule has 0 aliphatic carbocycles. The van der Waals surface area contributed by atoms with E-state index in [0.717, 1.165) is 24.8 Å². The van der Waals surface area contributed by atoms with Crippen molar-refractivity contribution >= 4 is 0 Å². The first-order valence-corrected chi connectivity index (χ1v) is 8.63. The summed E-state index contributed by atoms with van der Waals surface area (Å²) in [5.74, 6) is -1.03. The highest BCUT2D eigenvalue weighted by molar-refractivity contribution is 5.78. The Bertz CT molecular complexity index is 877. The smallest absolute Gasteiger partial charge is 0.165 e. The molecule has 5 heteroatoms. The first kappa shape index (κ1) is 17.1. The summed E-state index contributed by atoms with van der Waals surface area (Å²) in [4.78, 5) is 0. The monoisotopic (exact) mass is 339 g/mol. The molecule has 0 amide bonds. The Hall–Kier alpha value is -2.69. The van der Waals surface area contributed by atoms with Crippen LogP contribution in [0.1, 0.15) is 37.5 Å². The first-order chi connectivity index (χ1) is 12.1. The van der Waals surface area contributed by atoms with Gasteiger partial charge in [0.1, 0.15) is 5.69 Å². The van der Waals surface area contributed by atoms with Crippen molar-refractivity contribution in [2.45, 2.75) is 40.0 Å². The predicted octanol–water partition coefficient (Wildman–Crippen LogP) is 4.67. The number of nitrogens with one attached hydrogen (secondary N) is 1. The maximum atomic E-state index is 13.7. The topological polar surface area (TPSA) is 61.8 Å². The zero-order valence-corrected chi connectivity index (χ0v) is 14.7. The SMILES string of the molecule is CCc1cc(-c2nn[nH]c2-c2ccc(O)c(F)c2)cc(CC)c1CC. The summed E-state index contributed by atoms with van der Waals surface area (Å²) in [5, 5.41) is 20.4. The number of halogens is 1. The lowest BCUT2D eigenvalue weighted by Crippen LogP contribution is -1.99. The molecule has 3 rings (SSSR count). The van der Waals surface area contributed by atoms with E-state index in [2.05, 4.69) is 48.3 Å². The maximum absolute atomic E-state index is 13.7. The highest BCUT2D eigenvalue weighted by Gasteiger charge is 2.16. The summed E-state index contributed by atoms with van der Waals surface area (Å²) >= 11 is 0. The van der Waals surface area contributed by atoms with Gasteiger partial charge in [-0.05, 0) is 66.3 Å². The van der Waals surface area contributed by atoms with Crippen LogP contribution in [-0.2, 0) is 19.3 Å². The molecule has 1 aromatic heterocycles. The number of aromatic amines is 1. The van der Waals surface area contributed by atoms with Gasteiger partial charge in [-0.15, -0.1) is 5.10 Å². The van der Waals surface area contributed by atoms with Crippen LogP contribution in [0.5, 0.6) is 5.75 Å². The molecule has 0 unspecified atom stereocenters. The van der Waals surface area contributed by atoms with Crippen LogP contribution < -0.4 is 0 Å². The molecule has 3 aromatic rings. The van der Waals surface area contributed by atoms with Gasteiger partial charge in [-0.2, -0.15) is 0 Å². The van der Waals surface area contributed by atoms with Gasteiger partial charge >= 0.3 is 0 Å². The average molecular weight is 339 g/mol. The van der Waals surface area contributed by atoms with Crippen molar-refractivity contribution in [2.75, 3.05) is 0 Å². The zero-order chi connectivity index (χ0) is 18.0. The average Bonchev–Trinajstić information content (AvgIpc) is 3.12. The van der Waals surface area contributed by atoms with Crippen LogP contribution in [-0.4, -0.2) is 20.5 Å². The fourth-order valence-electron chi connectivity index (χ4n) is 3.31. The molecular formula is C20H22FN3O. The summed E-state index contributed by atoms with van der Waals surface area (Å²) in [6, 6.07) is 8.57. The number of aryl methyl sites for hydroxylation is 2. The Labute approximate surface area is 146 Å². The summed E-state index contributed by atoms with van der Waals surface area (Å²) in [6.07, 6.45) is 2.90. The third-order valence-electron chi connectivity index (χ3n) is 4.61. The minimum Gasteiger partial charge on any atom is -0.505 e. The minimum absolute atomic E-state index is 0.369. The van der Waals surface area contributed by atoms with E-state index < -0.39 is 5.82 Å². The van der Waals surface area contributed by atoms with E-state index in [4.69, 9.17) is 0 Å². The molecule has 4 nitrogen and oxygen atoms in total. The minimum atomic E-state index is -0.664. The number of H-pyrrole nitrogens is 1. The molecule has 0 saturated heterocycles. The van der Waals surface area contributed by atoms with E-state index in [1.54, 1.807) is 6.07 Å². The lowest BCUT2D eigenvalue weighted by Gasteiger charge is -2.14. The number of hydrogen-bond donors (Lipinski definition) is 2. The second kappa shape index (κ2) is 7.05. The van der Waals surface area contributed by atoms with Gasteiger partial charge < -0.3 is 5.11 Å². The largest absolute Gasteiger partial charge is 0.505 e. The van der Waals surface area contributed by atoms with Crippen LogP contribution in [0, 0.1) is 5.82 Å². The Morgan fingerprint density at radius 3 is 2.20 bits per heavy atom. The molecule has 0 aliphatic heterocycles. The normalized spacial score (nSPS) is 11.0. The molecule has 2 N–H and O–H groups in total. The van der Waals surface area contributed by atoms with Gasteiger partial charge in [-0.1, -0.05) is 26.0 Å². The van der Waals surface area contributed by atoms with Crippen LogP contribution in [0.2, 0.25) is 0 Å². The Balaban J connectivity index is 2.15. The van der Waals surface area contributed by atoms with Crippen LogP contribution in [0.3, 0.4) is 0 Å². The Morgan fingerprint density at radius 2 is 1.64 bits per heavy atom. The second-order valence-corrected chi connectivity index (χ2v) is 6.04.